The van der Waals surface area contributed by atoms with E-state index in [0.29, 0.717) is 5.41 Å². The molecule has 1 fully saturated rings. The van der Waals surface area contributed by atoms with Crippen molar-refractivity contribution in [3.8, 4) is 28.2 Å². The fourth-order valence-corrected chi connectivity index (χ4v) is 9.76. The van der Waals surface area contributed by atoms with Gasteiger partial charge in [0.25, 0.3) is 5.82 Å². The van der Waals surface area contributed by atoms with Gasteiger partial charge in [0, 0.05) is 34.0 Å². The van der Waals surface area contributed by atoms with Crippen LogP contribution in [0.3, 0.4) is 0 Å². The molecular weight excluding hydrogens is 697 g/mol. The molecule has 10 rings (SSSR count). The zero-order chi connectivity index (χ0) is 40.2. The normalized spacial score (nSPS) is 15.9. The lowest BCUT2D eigenvalue weighted by Gasteiger charge is -2.34. The number of benzene rings is 6. The Balaban J connectivity index is 1.25. The van der Waals surface area contributed by atoms with Crippen LogP contribution in [-0.4, -0.2) is 4.57 Å². The summed E-state index contributed by atoms with van der Waals surface area (Å²) in [6, 6.07) is 39.4. The third-order valence-electron chi connectivity index (χ3n) is 13.0. The Morgan fingerprint density at radius 1 is 0.702 bits per heavy atom. The lowest BCUT2D eigenvalue weighted by molar-refractivity contribution is -0.633. The van der Waals surface area contributed by atoms with Crippen molar-refractivity contribution in [1.29, 1.82) is 0 Å². The summed E-state index contributed by atoms with van der Waals surface area (Å²) in [7, 11) is 2.19. The second-order valence-corrected chi connectivity index (χ2v) is 18.0. The molecule has 0 amide bonds. The van der Waals surface area contributed by atoms with Gasteiger partial charge in [-0.25, -0.2) is 4.57 Å². The lowest BCUT2D eigenvalue weighted by Crippen LogP contribution is -2.30. The van der Waals surface area contributed by atoms with Gasteiger partial charge in [0.2, 0.25) is 0 Å². The molecule has 0 saturated heterocycles. The molecule has 1 aliphatic rings. The smallest absolute Gasteiger partial charge is 0.299 e. The second-order valence-electron chi connectivity index (χ2n) is 18.0. The van der Waals surface area contributed by atoms with Crippen molar-refractivity contribution in [2.75, 3.05) is 0 Å². The van der Waals surface area contributed by atoms with Crippen molar-refractivity contribution >= 4 is 54.9 Å². The zero-order valence-electron chi connectivity index (χ0n) is 35.6. The standard InChI is InChI=1S/C53H53N2O2/c1-31(2)41-30-42-39-23-20-37(35-24-26-53(6,7)27-25-35)29-46(39)57-51(42)47(32(3)4)49(41)55-44-17-13-12-16-43(44)54(8)52(55)48-33(5)18-21-40-38-22-19-36(28-45(38)56-50(40)48)34-14-10-9-11-15-34/h9-23,28-32,35H,24-27H2,1-8H3/q+1/i35D. The Kier molecular flexibility index (Phi) is 8.04. The number of hydrogen-bond acceptors (Lipinski definition) is 2. The van der Waals surface area contributed by atoms with Gasteiger partial charge < -0.3 is 8.83 Å². The van der Waals surface area contributed by atoms with E-state index in [2.05, 4.69) is 174 Å². The number of rotatable bonds is 6. The molecule has 0 radical (unpaired) electrons. The molecule has 1 aliphatic carbocycles. The Morgan fingerprint density at radius 3 is 2.12 bits per heavy atom. The predicted molar refractivity (Wildman–Crippen MR) is 238 cm³/mol. The summed E-state index contributed by atoms with van der Waals surface area (Å²) in [6.45, 7) is 16.1. The van der Waals surface area contributed by atoms with Gasteiger partial charge in [-0.1, -0.05) is 114 Å². The Bertz CT molecular complexity index is 3070. The summed E-state index contributed by atoms with van der Waals surface area (Å²) in [4.78, 5) is 0. The van der Waals surface area contributed by atoms with Crippen molar-refractivity contribution in [3.63, 3.8) is 0 Å². The van der Waals surface area contributed by atoms with Crippen LogP contribution in [0.4, 0.5) is 0 Å². The third-order valence-corrected chi connectivity index (χ3v) is 13.0. The molecule has 57 heavy (non-hydrogen) atoms. The van der Waals surface area contributed by atoms with Crippen molar-refractivity contribution in [2.24, 2.45) is 12.5 Å². The monoisotopic (exact) mass is 750 g/mol. The number of nitrogens with zero attached hydrogens (tertiary/aromatic N) is 2. The predicted octanol–water partition coefficient (Wildman–Crippen LogP) is 14.8. The molecule has 286 valence electrons. The quantitative estimate of drug-likeness (QED) is 0.159. The first-order valence-corrected chi connectivity index (χ1v) is 20.9. The highest BCUT2D eigenvalue weighted by molar-refractivity contribution is 6.11. The van der Waals surface area contributed by atoms with Crippen LogP contribution in [0.15, 0.2) is 118 Å². The van der Waals surface area contributed by atoms with Crippen molar-refractivity contribution in [1.82, 2.24) is 4.57 Å². The van der Waals surface area contributed by atoms with Crippen LogP contribution in [0.2, 0.25) is 0 Å². The average Bonchev–Trinajstić information content (AvgIpc) is 3.87. The molecule has 1 saturated carbocycles. The minimum Gasteiger partial charge on any atom is -0.456 e. The molecule has 4 nitrogen and oxygen atoms in total. The Labute approximate surface area is 337 Å². The highest BCUT2D eigenvalue weighted by Crippen LogP contribution is 2.47. The Morgan fingerprint density at radius 2 is 1.37 bits per heavy atom. The molecule has 0 N–H and O–H groups in total. The number of para-hydroxylation sites is 2. The van der Waals surface area contributed by atoms with Gasteiger partial charge >= 0.3 is 0 Å². The van der Waals surface area contributed by atoms with Crippen LogP contribution in [-0.2, 0) is 7.05 Å². The summed E-state index contributed by atoms with van der Waals surface area (Å²) in [5, 5.41) is 4.49. The maximum absolute atomic E-state index is 9.58. The summed E-state index contributed by atoms with van der Waals surface area (Å²) < 4.78 is 28.5. The number of imidazole rings is 1. The van der Waals surface area contributed by atoms with E-state index in [1.54, 1.807) is 0 Å². The number of hydrogen-bond donors (Lipinski definition) is 0. The summed E-state index contributed by atoms with van der Waals surface area (Å²) >= 11 is 0. The minimum atomic E-state index is -0.593. The molecule has 0 unspecified atom stereocenters. The maximum atomic E-state index is 9.58. The topological polar surface area (TPSA) is 35.1 Å². The third kappa shape index (κ3) is 5.66. The molecular formula is C53H53N2O2+. The highest BCUT2D eigenvalue weighted by Gasteiger charge is 2.36. The van der Waals surface area contributed by atoms with Crippen molar-refractivity contribution in [3.05, 3.63) is 131 Å². The van der Waals surface area contributed by atoms with Gasteiger partial charge in [-0.05, 0) is 114 Å². The summed E-state index contributed by atoms with van der Waals surface area (Å²) in [5.41, 5.74) is 15.4. The van der Waals surface area contributed by atoms with E-state index in [9.17, 15) is 1.37 Å². The number of aromatic nitrogens is 2. The van der Waals surface area contributed by atoms with E-state index in [1.807, 2.05) is 0 Å². The number of aryl methyl sites for hydroxylation is 2. The number of fused-ring (bicyclic) bond motifs is 7. The van der Waals surface area contributed by atoms with Crippen molar-refractivity contribution < 1.29 is 14.8 Å². The molecule has 0 aliphatic heterocycles. The first-order chi connectivity index (χ1) is 27.8. The summed E-state index contributed by atoms with van der Waals surface area (Å²) in [5.74, 6) is 0.856. The summed E-state index contributed by atoms with van der Waals surface area (Å²) in [6.07, 6.45) is 3.87. The van der Waals surface area contributed by atoms with Crippen LogP contribution >= 0.6 is 0 Å². The van der Waals surface area contributed by atoms with E-state index in [0.717, 1.165) is 109 Å². The molecule has 6 aromatic carbocycles. The van der Waals surface area contributed by atoms with E-state index >= 15 is 0 Å². The van der Waals surface area contributed by atoms with Crippen LogP contribution < -0.4 is 4.57 Å². The van der Waals surface area contributed by atoms with Gasteiger partial charge in [-0.15, -0.1) is 0 Å². The van der Waals surface area contributed by atoms with Gasteiger partial charge in [-0.2, -0.15) is 4.57 Å². The molecule has 3 heterocycles. The van der Waals surface area contributed by atoms with E-state index in [4.69, 9.17) is 8.83 Å². The first-order valence-electron chi connectivity index (χ1n) is 21.4. The molecule has 0 bridgehead atoms. The first kappa shape index (κ1) is 34.6. The molecule has 0 spiro atoms. The van der Waals surface area contributed by atoms with Gasteiger partial charge in [0.15, 0.2) is 16.6 Å². The maximum Gasteiger partial charge on any atom is 0.299 e. The zero-order valence-corrected chi connectivity index (χ0v) is 34.6. The van der Waals surface area contributed by atoms with Gasteiger partial charge in [0.05, 0.1) is 7.05 Å². The molecule has 0 atom stereocenters. The fourth-order valence-electron chi connectivity index (χ4n) is 9.76. The van der Waals surface area contributed by atoms with Crippen LogP contribution in [0.25, 0.3) is 83.1 Å². The Hall–Kier alpha value is -5.61. The van der Waals surface area contributed by atoms with Gasteiger partial charge in [0.1, 0.15) is 28.0 Å². The largest absolute Gasteiger partial charge is 0.456 e. The lowest BCUT2D eigenvalue weighted by atomic mass is 9.71. The van der Waals surface area contributed by atoms with Crippen LogP contribution in [0.1, 0.15) is 109 Å². The van der Waals surface area contributed by atoms with Crippen LogP contribution in [0.5, 0.6) is 0 Å². The van der Waals surface area contributed by atoms with E-state index in [1.165, 1.54) is 22.4 Å². The van der Waals surface area contributed by atoms with Gasteiger partial charge in [-0.3, -0.25) is 0 Å². The molecule has 3 aromatic heterocycles. The van der Waals surface area contributed by atoms with E-state index in [-0.39, 0.29) is 11.8 Å². The SMILES string of the molecule is [2H]C1(c2ccc3c(c2)oc2c(C(C)C)c(-n4c(-c5c(C)ccc6c5oc5cc(-c7ccccc7)ccc56)[n+](C)c5ccccc54)c(C(C)C)cc23)CCC(C)(C)CC1. The second kappa shape index (κ2) is 13.2. The number of furan rings is 2. The molecule has 4 heteroatoms. The molecule has 9 aromatic rings. The van der Waals surface area contributed by atoms with E-state index < -0.39 is 5.89 Å². The average molecular weight is 751 g/mol. The highest BCUT2D eigenvalue weighted by atomic mass is 16.3. The van der Waals surface area contributed by atoms with Crippen LogP contribution in [0, 0.1) is 12.3 Å². The van der Waals surface area contributed by atoms with Crippen molar-refractivity contribution in [2.45, 2.75) is 91.9 Å². The minimum absolute atomic E-state index is 0.151. The fraction of sp³-hybridized carbons (Fsp3) is 0.302.